The van der Waals surface area contributed by atoms with Crippen LogP contribution in [0.25, 0.3) is 10.2 Å². The van der Waals surface area contributed by atoms with Gasteiger partial charge in [0.15, 0.2) is 5.13 Å². The van der Waals surface area contributed by atoms with E-state index in [0.717, 1.165) is 27.3 Å². The lowest BCUT2D eigenvalue weighted by molar-refractivity contribution is -0.118. The molecule has 2 aromatic carbocycles. The van der Waals surface area contributed by atoms with E-state index in [9.17, 15) is 4.79 Å². The van der Waals surface area contributed by atoms with Crippen LogP contribution in [0.4, 0.5) is 5.13 Å². The fourth-order valence-electron chi connectivity index (χ4n) is 3.50. The molecule has 0 N–H and O–H groups in total. The van der Waals surface area contributed by atoms with Gasteiger partial charge in [0.25, 0.3) is 0 Å². The van der Waals surface area contributed by atoms with Crippen LogP contribution in [0.5, 0.6) is 5.75 Å². The predicted molar refractivity (Wildman–Crippen MR) is 125 cm³/mol. The molecule has 4 aromatic rings. The Morgan fingerprint density at radius 2 is 1.94 bits per heavy atom. The zero-order valence-corrected chi connectivity index (χ0v) is 18.8. The molecule has 0 saturated heterocycles. The fourth-order valence-corrected chi connectivity index (χ4v) is 4.52. The third-order valence-corrected chi connectivity index (χ3v) is 6.12. The minimum Gasteiger partial charge on any atom is -0.494 e. The maximum Gasteiger partial charge on any atom is 0.233 e. The number of carbonyl (C=O) groups excluding carboxylic acids is 1. The Hall–Kier alpha value is -3.12. The number of carbonyl (C=O) groups is 1. The van der Waals surface area contributed by atoms with Gasteiger partial charge in [-0.1, -0.05) is 49.4 Å². The second-order valence-electron chi connectivity index (χ2n) is 7.66. The summed E-state index contributed by atoms with van der Waals surface area (Å²) in [6.07, 6.45) is 1.90. The molecule has 2 aromatic heterocycles. The predicted octanol–water partition coefficient (Wildman–Crippen LogP) is 6.19. The molecule has 0 saturated carbocycles. The third kappa shape index (κ3) is 4.80. The normalized spacial score (nSPS) is 11.2. The van der Waals surface area contributed by atoms with Gasteiger partial charge in [-0.3, -0.25) is 9.69 Å². The molecule has 0 aliphatic rings. The van der Waals surface area contributed by atoms with Crippen molar-refractivity contribution < 1.29 is 13.9 Å². The Morgan fingerprint density at radius 3 is 2.61 bits per heavy atom. The van der Waals surface area contributed by atoms with E-state index in [2.05, 4.69) is 32.0 Å². The number of rotatable bonds is 8. The summed E-state index contributed by atoms with van der Waals surface area (Å²) in [7, 11) is 0. The quantitative estimate of drug-likeness (QED) is 0.332. The summed E-state index contributed by atoms with van der Waals surface area (Å²) < 4.78 is 12.1. The minimum atomic E-state index is -0.0225. The summed E-state index contributed by atoms with van der Waals surface area (Å²) in [5.74, 6) is 1.87. The first-order valence-electron chi connectivity index (χ1n) is 10.5. The van der Waals surface area contributed by atoms with E-state index in [0.29, 0.717) is 24.2 Å². The molecule has 31 heavy (non-hydrogen) atoms. The first kappa shape index (κ1) is 21.1. The highest BCUT2D eigenvalue weighted by atomic mass is 32.1. The van der Waals surface area contributed by atoms with Crippen molar-refractivity contribution in [3.05, 3.63) is 77.7 Å². The summed E-state index contributed by atoms with van der Waals surface area (Å²) in [5, 5.41) is 0.690. The number of anilines is 1. The lowest BCUT2D eigenvalue weighted by Crippen LogP contribution is -2.31. The number of furan rings is 1. The largest absolute Gasteiger partial charge is 0.494 e. The van der Waals surface area contributed by atoms with Crippen molar-refractivity contribution in [1.29, 1.82) is 0 Å². The molecule has 0 spiro atoms. The Labute approximate surface area is 186 Å². The van der Waals surface area contributed by atoms with Gasteiger partial charge in [-0.15, -0.1) is 0 Å². The number of hydrogen-bond donors (Lipinski definition) is 0. The smallest absolute Gasteiger partial charge is 0.233 e. The van der Waals surface area contributed by atoms with Crippen molar-refractivity contribution in [2.24, 2.45) is 0 Å². The van der Waals surface area contributed by atoms with Crippen molar-refractivity contribution in [2.45, 2.75) is 39.7 Å². The lowest BCUT2D eigenvalue weighted by atomic mass is 10.0. The first-order valence-corrected chi connectivity index (χ1v) is 11.3. The molecule has 0 aliphatic heterocycles. The van der Waals surface area contributed by atoms with Crippen molar-refractivity contribution in [3.63, 3.8) is 0 Å². The number of thiazole rings is 1. The summed E-state index contributed by atoms with van der Waals surface area (Å²) in [5.41, 5.74) is 3.09. The average Bonchev–Trinajstić information content (AvgIpc) is 3.42. The van der Waals surface area contributed by atoms with E-state index < -0.39 is 0 Å². The van der Waals surface area contributed by atoms with Crippen LogP contribution in [0.15, 0.2) is 65.3 Å². The molecular formula is C25H26N2O3S. The minimum absolute atomic E-state index is 0.0225. The highest BCUT2D eigenvalue weighted by Gasteiger charge is 2.22. The van der Waals surface area contributed by atoms with Crippen molar-refractivity contribution >= 4 is 32.6 Å². The molecule has 0 fully saturated rings. The molecule has 1 amide bonds. The monoisotopic (exact) mass is 434 g/mol. The SMILES string of the molecule is CCOc1ccc(CC(=O)N(Cc2ccco2)c2nc3c(C(C)C)cccc3s2)cc1. The van der Waals surface area contributed by atoms with E-state index in [-0.39, 0.29) is 12.3 Å². The molecule has 0 radical (unpaired) electrons. The number of para-hydroxylation sites is 1. The summed E-state index contributed by atoms with van der Waals surface area (Å²) in [6, 6.07) is 17.6. The Morgan fingerprint density at radius 1 is 1.13 bits per heavy atom. The van der Waals surface area contributed by atoms with Gasteiger partial charge in [0, 0.05) is 0 Å². The third-order valence-electron chi connectivity index (χ3n) is 5.08. The van der Waals surface area contributed by atoms with Gasteiger partial charge < -0.3 is 9.15 Å². The van der Waals surface area contributed by atoms with Gasteiger partial charge in [-0.25, -0.2) is 4.98 Å². The van der Waals surface area contributed by atoms with Crippen molar-refractivity contribution in [1.82, 2.24) is 4.98 Å². The molecular weight excluding hydrogens is 408 g/mol. The van der Waals surface area contributed by atoms with Crippen LogP contribution in [0.2, 0.25) is 0 Å². The van der Waals surface area contributed by atoms with E-state index in [1.807, 2.05) is 43.3 Å². The highest BCUT2D eigenvalue weighted by Crippen LogP contribution is 2.34. The Kier molecular flexibility index (Phi) is 6.37. The van der Waals surface area contributed by atoms with Crippen LogP contribution in [0, 0.1) is 0 Å². The molecule has 4 rings (SSSR count). The molecule has 5 nitrogen and oxygen atoms in total. The molecule has 2 heterocycles. The second-order valence-corrected chi connectivity index (χ2v) is 8.67. The molecule has 0 unspecified atom stereocenters. The van der Waals surface area contributed by atoms with Crippen LogP contribution < -0.4 is 9.64 Å². The van der Waals surface area contributed by atoms with Gasteiger partial charge in [0.05, 0.1) is 36.1 Å². The zero-order valence-electron chi connectivity index (χ0n) is 18.0. The molecule has 0 bridgehead atoms. The summed E-state index contributed by atoms with van der Waals surface area (Å²) >= 11 is 1.54. The van der Waals surface area contributed by atoms with Crippen LogP contribution in [-0.4, -0.2) is 17.5 Å². The molecule has 6 heteroatoms. The molecule has 0 aliphatic carbocycles. The van der Waals surface area contributed by atoms with E-state index in [1.165, 1.54) is 16.9 Å². The number of ether oxygens (including phenoxy) is 1. The van der Waals surface area contributed by atoms with Crippen molar-refractivity contribution in [2.75, 3.05) is 11.5 Å². The van der Waals surface area contributed by atoms with Gasteiger partial charge >= 0.3 is 0 Å². The van der Waals surface area contributed by atoms with Gasteiger partial charge in [-0.05, 0) is 54.3 Å². The fraction of sp³-hybridized carbons (Fsp3) is 0.280. The first-order chi connectivity index (χ1) is 15.0. The number of benzene rings is 2. The number of fused-ring (bicyclic) bond motifs is 1. The number of nitrogens with zero attached hydrogens (tertiary/aromatic N) is 2. The number of amides is 1. The molecule has 160 valence electrons. The number of hydrogen-bond acceptors (Lipinski definition) is 5. The standard InChI is InChI=1S/C25H26N2O3S/c1-4-29-19-12-10-18(11-13-19)15-23(28)27(16-20-7-6-14-30-20)25-26-24-21(17(2)3)8-5-9-22(24)31-25/h5-14,17H,4,15-16H2,1-3H3. The van der Waals surface area contributed by atoms with Gasteiger partial charge in [-0.2, -0.15) is 0 Å². The van der Waals surface area contributed by atoms with E-state index in [1.54, 1.807) is 11.2 Å². The number of aromatic nitrogens is 1. The summed E-state index contributed by atoms with van der Waals surface area (Å²) in [6.45, 7) is 7.23. The Balaban J connectivity index is 1.65. The van der Waals surface area contributed by atoms with Gasteiger partial charge in [0.1, 0.15) is 11.5 Å². The second kappa shape index (κ2) is 9.35. The van der Waals surface area contributed by atoms with Crippen molar-refractivity contribution in [3.8, 4) is 5.75 Å². The Bertz CT molecular complexity index is 1150. The van der Waals surface area contributed by atoms with E-state index >= 15 is 0 Å². The van der Waals surface area contributed by atoms with Crippen LogP contribution in [0.3, 0.4) is 0 Å². The topological polar surface area (TPSA) is 55.6 Å². The maximum atomic E-state index is 13.4. The summed E-state index contributed by atoms with van der Waals surface area (Å²) in [4.78, 5) is 20.0. The highest BCUT2D eigenvalue weighted by molar-refractivity contribution is 7.22. The average molecular weight is 435 g/mol. The van der Waals surface area contributed by atoms with E-state index in [4.69, 9.17) is 14.1 Å². The van der Waals surface area contributed by atoms with Gasteiger partial charge in [0.2, 0.25) is 5.91 Å². The van der Waals surface area contributed by atoms with Crippen LogP contribution in [0.1, 0.15) is 43.6 Å². The van der Waals surface area contributed by atoms with Crippen LogP contribution >= 0.6 is 11.3 Å². The lowest BCUT2D eigenvalue weighted by Gasteiger charge is -2.19. The van der Waals surface area contributed by atoms with Crippen LogP contribution in [-0.2, 0) is 17.8 Å². The maximum absolute atomic E-state index is 13.4. The zero-order chi connectivity index (χ0) is 21.8. The molecule has 0 atom stereocenters.